The second-order valence-corrected chi connectivity index (χ2v) is 5.06. The van der Waals surface area contributed by atoms with Crippen molar-refractivity contribution in [1.82, 2.24) is 4.98 Å². The second kappa shape index (κ2) is 6.35. The van der Waals surface area contributed by atoms with E-state index in [-0.39, 0.29) is 11.7 Å². The molecule has 112 valence electrons. The Kier molecular flexibility index (Phi) is 4.10. The minimum Gasteiger partial charge on any atom is -0.497 e. The van der Waals surface area contributed by atoms with Crippen LogP contribution < -0.4 is 4.74 Å². The molecule has 0 saturated heterocycles. The predicted molar refractivity (Wildman–Crippen MR) is 83.3 cm³/mol. The van der Waals surface area contributed by atoms with Gasteiger partial charge in [0.1, 0.15) is 5.75 Å². The topological polar surface area (TPSA) is 55.2 Å². The number of aromatic nitrogens is 1. The molecule has 1 unspecified atom stereocenters. The molecule has 0 spiro atoms. The fourth-order valence-corrected chi connectivity index (χ4v) is 2.53. The highest BCUT2D eigenvalue weighted by atomic mass is 16.5. The lowest BCUT2D eigenvalue weighted by molar-refractivity contribution is 0.0950. The van der Waals surface area contributed by atoms with Gasteiger partial charge in [-0.15, -0.1) is 0 Å². The number of furan rings is 1. The van der Waals surface area contributed by atoms with Crippen molar-refractivity contribution in [2.75, 3.05) is 7.11 Å². The average molecular weight is 295 g/mol. The van der Waals surface area contributed by atoms with Gasteiger partial charge >= 0.3 is 0 Å². The molecule has 0 radical (unpaired) electrons. The third-order valence-electron chi connectivity index (χ3n) is 3.70. The predicted octanol–water partition coefficient (Wildman–Crippen LogP) is 4.02. The lowest BCUT2D eigenvalue weighted by Crippen LogP contribution is -2.09. The first-order valence-electron chi connectivity index (χ1n) is 7.12. The highest BCUT2D eigenvalue weighted by Gasteiger charge is 2.21. The number of H-pyrrole nitrogens is 1. The maximum Gasteiger partial charge on any atom is 0.198 e. The first kappa shape index (κ1) is 14.2. The molecule has 0 saturated carbocycles. The molecule has 22 heavy (non-hydrogen) atoms. The molecule has 3 rings (SSSR count). The van der Waals surface area contributed by atoms with Gasteiger partial charge in [-0.3, -0.25) is 4.79 Å². The van der Waals surface area contributed by atoms with Crippen molar-refractivity contribution in [3.05, 3.63) is 78.0 Å². The Morgan fingerprint density at radius 2 is 2.00 bits per heavy atom. The quantitative estimate of drug-likeness (QED) is 0.699. The number of hydrogen-bond acceptors (Lipinski definition) is 3. The molecule has 3 aromatic rings. The standard InChI is InChI=1S/C18H17NO3/c1-21-14-8-6-13(7-9-14)15(16-4-2-10-19-16)12-17(20)18-5-3-11-22-18/h2-11,15,19H,12H2,1H3. The molecular weight excluding hydrogens is 278 g/mol. The van der Waals surface area contributed by atoms with Crippen molar-refractivity contribution in [3.8, 4) is 5.75 Å². The lowest BCUT2D eigenvalue weighted by atomic mass is 9.90. The van der Waals surface area contributed by atoms with E-state index in [4.69, 9.17) is 9.15 Å². The van der Waals surface area contributed by atoms with Gasteiger partial charge in [0, 0.05) is 24.2 Å². The first-order chi connectivity index (χ1) is 10.8. The Labute approximate surface area is 128 Å². The van der Waals surface area contributed by atoms with Crippen LogP contribution >= 0.6 is 0 Å². The number of nitrogens with one attached hydrogen (secondary N) is 1. The summed E-state index contributed by atoms with van der Waals surface area (Å²) < 4.78 is 10.4. The van der Waals surface area contributed by atoms with Crippen LogP contribution in [0.3, 0.4) is 0 Å². The molecule has 2 heterocycles. The molecule has 1 N–H and O–H groups in total. The highest BCUT2D eigenvalue weighted by molar-refractivity contribution is 5.94. The van der Waals surface area contributed by atoms with E-state index >= 15 is 0 Å². The van der Waals surface area contributed by atoms with Gasteiger partial charge < -0.3 is 14.1 Å². The molecule has 1 aromatic carbocycles. The van der Waals surface area contributed by atoms with E-state index in [9.17, 15) is 4.79 Å². The Bertz CT molecular complexity index is 712. The summed E-state index contributed by atoms with van der Waals surface area (Å²) in [4.78, 5) is 15.6. The van der Waals surface area contributed by atoms with Crippen molar-refractivity contribution in [2.45, 2.75) is 12.3 Å². The van der Waals surface area contributed by atoms with Gasteiger partial charge in [0.25, 0.3) is 0 Å². The van der Waals surface area contributed by atoms with E-state index in [1.54, 1.807) is 19.2 Å². The Hall–Kier alpha value is -2.75. The van der Waals surface area contributed by atoms with Gasteiger partial charge in [-0.2, -0.15) is 0 Å². The number of Topliss-reactive ketones (excluding diaryl/α,β-unsaturated/α-hetero) is 1. The Morgan fingerprint density at radius 1 is 1.18 bits per heavy atom. The van der Waals surface area contributed by atoms with Crippen LogP contribution in [0.15, 0.2) is 65.4 Å². The summed E-state index contributed by atoms with van der Waals surface area (Å²) in [6.07, 6.45) is 3.73. The van der Waals surface area contributed by atoms with Gasteiger partial charge in [-0.1, -0.05) is 12.1 Å². The normalized spacial score (nSPS) is 12.0. The van der Waals surface area contributed by atoms with Crippen LogP contribution in [0.25, 0.3) is 0 Å². The van der Waals surface area contributed by atoms with Crippen LogP contribution in [0.5, 0.6) is 5.75 Å². The number of carbonyl (C=O) groups is 1. The zero-order chi connectivity index (χ0) is 15.4. The van der Waals surface area contributed by atoms with Gasteiger partial charge in [0.15, 0.2) is 11.5 Å². The van der Waals surface area contributed by atoms with Crippen molar-refractivity contribution in [1.29, 1.82) is 0 Å². The number of ether oxygens (including phenoxy) is 1. The molecule has 0 aliphatic carbocycles. The first-order valence-corrected chi connectivity index (χ1v) is 7.12. The van der Waals surface area contributed by atoms with Crippen molar-refractivity contribution >= 4 is 5.78 Å². The second-order valence-electron chi connectivity index (χ2n) is 5.06. The van der Waals surface area contributed by atoms with E-state index in [2.05, 4.69) is 4.98 Å². The van der Waals surface area contributed by atoms with E-state index in [1.807, 2.05) is 42.6 Å². The summed E-state index contributed by atoms with van der Waals surface area (Å²) in [5, 5.41) is 0. The molecule has 0 aliphatic rings. The summed E-state index contributed by atoms with van der Waals surface area (Å²) in [6, 6.07) is 15.1. The summed E-state index contributed by atoms with van der Waals surface area (Å²) in [7, 11) is 1.64. The molecule has 0 aliphatic heterocycles. The molecular formula is C18H17NO3. The monoisotopic (exact) mass is 295 g/mol. The van der Waals surface area contributed by atoms with E-state index in [0.717, 1.165) is 17.0 Å². The van der Waals surface area contributed by atoms with Crippen LogP contribution in [-0.2, 0) is 0 Å². The molecule has 0 fully saturated rings. The molecule has 4 nitrogen and oxygen atoms in total. The third-order valence-corrected chi connectivity index (χ3v) is 3.70. The Balaban J connectivity index is 1.88. The maximum absolute atomic E-state index is 12.4. The van der Waals surface area contributed by atoms with Gasteiger partial charge in [0.05, 0.1) is 13.4 Å². The van der Waals surface area contributed by atoms with Crippen LogP contribution in [0.1, 0.15) is 34.2 Å². The zero-order valence-corrected chi connectivity index (χ0v) is 12.3. The number of ketones is 1. The molecule has 1 atom stereocenters. The minimum atomic E-state index is -0.0430. The van der Waals surface area contributed by atoms with Crippen LogP contribution in [0.2, 0.25) is 0 Å². The highest BCUT2D eigenvalue weighted by Crippen LogP contribution is 2.29. The number of hydrogen-bond donors (Lipinski definition) is 1. The Morgan fingerprint density at radius 3 is 2.59 bits per heavy atom. The smallest absolute Gasteiger partial charge is 0.198 e. The summed E-state index contributed by atoms with van der Waals surface area (Å²) in [5.41, 5.74) is 2.06. The number of carbonyl (C=O) groups excluding carboxylic acids is 1. The van der Waals surface area contributed by atoms with E-state index < -0.39 is 0 Å². The van der Waals surface area contributed by atoms with Crippen LogP contribution in [-0.4, -0.2) is 17.9 Å². The summed E-state index contributed by atoms with van der Waals surface area (Å²) in [5.74, 6) is 1.13. The summed E-state index contributed by atoms with van der Waals surface area (Å²) in [6.45, 7) is 0. The number of aromatic amines is 1. The molecule has 2 aromatic heterocycles. The summed E-state index contributed by atoms with van der Waals surface area (Å²) >= 11 is 0. The van der Waals surface area contributed by atoms with Crippen LogP contribution in [0.4, 0.5) is 0 Å². The van der Waals surface area contributed by atoms with Crippen LogP contribution in [0, 0.1) is 0 Å². The molecule has 0 bridgehead atoms. The fraction of sp³-hybridized carbons (Fsp3) is 0.167. The van der Waals surface area contributed by atoms with Gasteiger partial charge in [-0.25, -0.2) is 0 Å². The molecule has 4 heteroatoms. The van der Waals surface area contributed by atoms with Gasteiger partial charge in [-0.05, 0) is 42.0 Å². The van der Waals surface area contributed by atoms with E-state index in [1.165, 1.54) is 6.26 Å². The van der Waals surface area contributed by atoms with Gasteiger partial charge in [0.2, 0.25) is 0 Å². The zero-order valence-electron chi connectivity index (χ0n) is 12.3. The average Bonchev–Trinajstić information content (AvgIpc) is 3.25. The SMILES string of the molecule is COc1ccc(C(CC(=O)c2ccco2)c2ccc[nH]2)cc1. The fourth-order valence-electron chi connectivity index (χ4n) is 2.53. The number of benzene rings is 1. The minimum absolute atomic E-state index is 0.0135. The lowest BCUT2D eigenvalue weighted by Gasteiger charge is -2.15. The largest absolute Gasteiger partial charge is 0.497 e. The third kappa shape index (κ3) is 2.96. The van der Waals surface area contributed by atoms with E-state index in [0.29, 0.717) is 12.2 Å². The maximum atomic E-state index is 12.4. The number of methoxy groups -OCH3 is 1. The number of rotatable bonds is 6. The van der Waals surface area contributed by atoms with Crippen molar-refractivity contribution < 1.29 is 13.9 Å². The van der Waals surface area contributed by atoms with Crippen molar-refractivity contribution in [2.24, 2.45) is 0 Å². The van der Waals surface area contributed by atoms with Crippen molar-refractivity contribution in [3.63, 3.8) is 0 Å². The molecule has 0 amide bonds.